The molecule has 1 N–H and O–H groups in total. The normalized spacial score (nSPS) is 16.8. The first-order valence-electron chi connectivity index (χ1n) is 6.79. The van der Waals surface area contributed by atoms with Crippen LogP contribution in [0, 0.1) is 5.92 Å². The van der Waals surface area contributed by atoms with Gasteiger partial charge in [0.25, 0.3) is 5.91 Å². The summed E-state index contributed by atoms with van der Waals surface area (Å²) < 4.78 is 26.4. The van der Waals surface area contributed by atoms with Gasteiger partial charge in [0.2, 0.25) is 5.92 Å². The van der Waals surface area contributed by atoms with Crippen molar-refractivity contribution >= 4 is 11.9 Å². The Hall–Kier alpha value is -1.98. The molecule has 0 aromatic heterocycles. The van der Waals surface area contributed by atoms with E-state index >= 15 is 0 Å². The van der Waals surface area contributed by atoms with Gasteiger partial charge in [-0.15, -0.1) is 0 Å². The van der Waals surface area contributed by atoms with Crippen molar-refractivity contribution in [2.75, 3.05) is 13.1 Å². The zero-order chi connectivity index (χ0) is 15.6. The summed E-state index contributed by atoms with van der Waals surface area (Å²) in [5.74, 6) is -4.70. The Kier molecular flexibility index (Phi) is 4.25. The maximum Gasteiger partial charge on any atom is 0.335 e. The average molecular weight is 297 g/mol. The number of rotatable bonds is 3. The van der Waals surface area contributed by atoms with Gasteiger partial charge in [0.15, 0.2) is 0 Å². The predicted octanol–water partition coefficient (Wildman–Crippen LogP) is 2.89. The number of halogens is 2. The van der Waals surface area contributed by atoms with Crippen molar-refractivity contribution in [3.05, 3.63) is 35.4 Å². The molecule has 1 aliphatic heterocycles. The molecule has 0 unspecified atom stereocenters. The smallest absolute Gasteiger partial charge is 0.335 e. The number of carboxylic acids is 1. The van der Waals surface area contributed by atoms with E-state index in [1.54, 1.807) is 0 Å². The molecule has 2 rings (SSSR count). The van der Waals surface area contributed by atoms with Gasteiger partial charge in [-0.1, -0.05) is 0 Å². The van der Waals surface area contributed by atoms with Gasteiger partial charge in [0.05, 0.1) is 5.56 Å². The molecule has 6 heteroatoms. The van der Waals surface area contributed by atoms with Crippen molar-refractivity contribution in [1.29, 1.82) is 0 Å². The molecule has 1 saturated heterocycles. The first-order chi connectivity index (χ1) is 9.79. The highest BCUT2D eigenvalue weighted by Gasteiger charge is 2.37. The Balaban J connectivity index is 2.00. The van der Waals surface area contributed by atoms with Crippen LogP contribution in [0.1, 0.15) is 40.5 Å². The zero-order valence-electron chi connectivity index (χ0n) is 11.7. The van der Waals surface area contributed by atoms with E-state index in [-0.39, 0.29) is 24.3 Å². The van der Waals surface area contributed by atoms with E-state index in [0.29, 0.717) is 18.7 Å². The maximum atomic E-state index is 13.2. The molecular formula is C15H17F2NO3. The lowest BCUT2D eigenvalue weighted by Crippen LogP contribution is -2.42. The predicted molar refractivity (Wildman–Crippen MR) is 72.6 cm³/mol. The topological polar surface area (TPSA) is 57.6 Å². The summed E-state index contributed by atoms with van der Waals surface area (Å²) in [6, 6.07) is 5.63. The standard InChI is InChI=1S/C15H17F2NO3/c1-15(16,17)12-6-8-18(9-7-12)13(19)10-2-4-11(5-3-10)14(20)21/h2-5,12H,6-9H2,1H3,(H,20,21). The molecule has 0 spiro atoms. The monoisotopic (exact) mass is 297 g/mol. The van der Waals surface area contributed by atoms with Gasteiger partial charge in [-0.25, -0.2) is 13.6 Å². The molecule has 114 valence electrons. The van der Waals surface area contributed by atoms with Crippen molar-refractivity contribution in [2.45, 2.75) is 25.7 Å². The fourth-order valence-corrected chi connectivity index (χ4v) is 2.53. The van der Waals surface area contributed by atoms with Gasteiger partial charge >= 0.3 is 5.97 Å². The Morgan fingerprint density at radius 2 is 1.62 bits per heavy atom. The molecular weight excluding hydrogens is 280 g/mol. The van der Waals surface area contributed by atoms with Crippen LogP contribution in [0.5, 0.6) is 0 Å². The summed E-state index contributed by atoms with van der Waals surface area (Å²) in [5.41, 5.74) is 0.484. The summed E-state index contributed by atoms with van der Waals surface area (Å²) in [5, 5.41) is 8.80. The number of likely N-dealkylation sites (tertiary alicyclic amines) is 1. The van der Waals surface area contributed by atoms with E-state index in [1.807, 2.05) is 0 Å². The highest BCUT2D eigenvalue weighted by molar-refractivity contribution is 5.95. The number of piperidine rings is 1. The number of carbonyl (C=O) groups excluding carboxylic acids is 1. The van der Waals surface area contributed by atoms with E-state index in [1.165, 1.54) is 29.2 Å². The molecule has 0 bridgehead atoms. The summed E-state index contributed by atoms with van der Waals surface area (Å²) in [6.45, 7) is 1.51. The van der Waals surface area contributed by atoms with Crippen molar-refractivity contribution in [2.24, 2.45) is 5.92 Å². The number of hydrogen-bond acceptors (Lipinski definition) is 2. The number of carboxylic acid groups (broad SMARTS) is 1. The van der Waals surface area contributed by atoms with E-state index in [4.69, 9.17) is 5.11 Å². The van der Waals surface area contributed by atoms with Gasteiger partial charge in [-0.2, -0.15) is 0 Å². The number of hydrogen-bond donors (Lipinski definition) is 1. The molecule has 0 radical (unpaired) electrons. The minimum Gasteiger partial charge on any atom is -0.478 e. The fraction of sp³-hybridized carbons (Fsp3) is 0.467. The van der Waals surface area contributed by atoms with Crippen molar-refractivity contribution in [3.63, 3.8) is 0 Å². The molecule has 21 heavy (non-hydrogen) atoms. The highest BCUT2D eigenvalue weighted by Crippen LogP contribution is 2.32. The Labute approximate surface area is 121 Å². The van der Waals surface area contributed by atoms with E-state index in [9.17, 15) is 18.4 Å². The first-order valence-corrected chi connectivity index (χ1v) is 6.79. The van der Waals surface area contributed by atoms with Crippen LogP contribution >= 0.6 is 0 Å². The third kappa shape index (κ3) is 3.56. The number of alkyl halides is 2. The van der Waals surface area contributed by atoms with Crippen molar-refractivity contribution in [1.82, 2.24) is 4.90 Å². The lowest BCUT2D eigenvalue weighted by Gasteiger charge is -2.34. The van der Waals surface area contributed by atoms with E-state index in [2.05, 4.69) is 0 Å². The second kappa shape index (κ2) is 5.79. The quantitative estimate of drug-likeness (QED) is 0.933. The number of aromatic carboxylic acids is 1. The highest BCUT2D eigenvalue weighted by atomic mass is 19.3. The molecule has 1 aliphatic rings. The molecule has 1 heterocycles. The third-order valence-electron chi connectivity index (χ3n) is 3.88. The SMILES string of the molecule is CC(F)(F)C1CCN(C(=O)c2ccc(C(=O)O)cc2)CC1. The largest absolute Gasteiger partial charge is 0.478 e. The average Bonchev–Trinajstić information content (AvgIpc) is 2.46. The van der Waals surface area contributed by atoms with E-state index < -0.39 is 17.8 Å². The molecule has 0 aliphatic carbocycles. The van der Waals surface area contributed by atoms with Crippen LogP contribution < -0.4 is 0 Å². The molecule has 0 saturated carbocycles. The van der Waals surface area contributed by atoms with Crippen LogP contribution in [0.2, 0.25) is 0 Å². The van der Waals surface area contributed by atoms with Crippen LogP contribution in [0.15, 0.2) is 24.3 Å². The van der Waals surface area contributed by atoms with E-state index in [0.717, 1.165) is 6.92 Å². The molecule has 1 aromatic carbocycles. The molecule has 1 fully saturated rings. The maximum absolute atomic E-state index is 13.2. The third-order valence-corrected chi connectivity index (χ3v) is 3.88. The van der Waals surface area contributed by atoms with Crippen LogP contribution in [-0.4, -0.2) is 40.9 Å². The van der Waals surface area contributed by atoms with Crippen LogP contribution in [0.3, 0.4) is 0 Å². The van der Waals surface area contributed by atoms with Crippen molar-refractivity contribution in [3.8, 4) is 0 Å². The van der Waals surface area contributed by atoms with Crippen LogP contribution in [0.25, 0.3) is 0 Å². The van der Waals surface area contributed by atoms with Crippen molar-refractivity contribution < 1.29 is 23.5 Å². The van der Waals surface area contributed by atoms with Gasteiger partial charge in [-0.3, -0.25) is 4.79 Å². The first kappa shape index (κ1) is 15.4. The van der Waals surface area contributed by atoms with Crippen LogP contribution in [-0.2, 0) is 0 Å². The molecule has 1 amide bonds. The molecule has 4 nitrogen and oxygen atoms in total. The molecule has 0 atom stereocenters. The minimum absolute atomic E-state index is 0.107. The zero-order valence-corrected chi connectivity index (χ0v) is 11.7. The fourth-order valence-electron chi connectivity index (χ4n) is 2.53. The Morgan fingerprint density at radius 3 is 2.05 bits per heavy atom. The number of carbonyl (C=O) groups is 2. The van der Waals surface area contributed by atoms with Gasteiger partial charge in [0.1, 0.15) is 0 Å². The summed E-state index contributed by atoms with van der Waals surface area (Å²) in [6.07, 6.45) is 0.560. The lowest BCUT2D eigenvalue weighted by molar-refractivity contribution is -0.0595. The lowest BCUT2D eigenvalue weighted by atomic mass is 9.91. The number of amides is 1. The number of nitrogens with zero attached hydrogens (tertiary/aromatic N) is 1. The second-order valence-electron chi connectivity index (χ2n) is 5.41. The van der Waals surface area contributed by atoms with Gasteiger partial charge < -0.3 is 10.0 Å². The van der Waals surface area contributed by atoms with Crippen LogP contribution in [0.4, 0.5) is 8.78 Å². The Morgan fingerprint density at radius 1 is 1.14 bits per heavy atom. The number of benzene rings is 1. The summed E-state index contributed by atoms with van der Waals surface area (Å²) in [4.78, 5) is 24.5. The second-order valence-corrected chi connectivity index (χ2v) is 5.41. The van der Waals surface area contributed by atoms with Gasteiger partial charge in [0, 0.05) is 24.6 Å². The minimum atomic E-state index is -2.71. The van der Waals surface area contributed by atoms with Gasteiger partial charge in [-0.05, 0) is 44.0 Å². The summed E-state index contributed by atoms with van der Waals surface area (Å²) >= 11 is 0. The Bertz CT molecular complexity index is 529. The summed E-state index contributed by atoms with van der Waals surface area (Å²) in [7, 11) is 0. The molecule has 1 aromatic rings.